The van der Waals surface area contributed by atoms with Gasteiger partial charge >= 0.3 is 0 Å². The van der Waals surface area contributed by atoms with Crippen LogP contribution in [0.15, 0.2) is 48.5 Å². The van der Waals surface area contributed by atoms with Crippen molar-refractivity contribution in [3.8, 4) is 11.8 Å². The van der Waals surface area contributed by atoms with Gasteiger partial charge in [-0.2, -0.15) is 5.26 Å². The van der Waals surface area contributed by atoms with Crippen molar-refractivity contribution in [3.05, 3.63) is 63.2 Å². The second-order valence-electron chi connectivity index (χ2n) is 3.56. The first-order chi connectivity index (χ1) is 8.28. The summed E-state index contributed by atoms with van der Waals surface area (Å²) in [6.45, 7) is 0.520. The van der Waals surface area contributed by atoms with E-state index in [1.54, 1.807) is 12.1 Å². The number of rotatable bonds is 3. The second kappa shape index (κ2) is 5.69. The summed E-state index contributed by atoms with van der Waals surface area (Å²) in [5.74, 6) is 0.725. The number of ether oxygens (including phenoxy) is 1. The SMILES string of the molecule is N#Cc1cccc(OCc2cccc(I)c2)c1. The molecule has 0 aromatic heterocycles. The van der Waals surface area contributed by atoms with Gasteiger partial charge in [0, 0.05) is 3.57 Å². The molecule has 0 fully saturated rings. The van der Waals surface area contributed by atoms with Crippen LogP contribution in [0.5, 0.6) is 5.75 Å². The molecule has 2 aromatic rings. The summed E-state index contributed by atoms with van der Waals surface area (Å²) in [7, 11) is 0. The zero-order valence-corrected chi connectivity index (χ0v) is 11.2. The molecule has 0 N–H and O–H groups in total. The molecule has 0 aliphatic carbocycles. The molecule has 17 heavy (non-hydrogen) atoms. The Morgan fingerprint density at radius 1 is 1.12 bits per heavy atom. The highest BCUT2D eigenvalue weighted by Gasteiger charge is 1.98. The molecule has 0 radical (unpaired) electrons. The van der Waals surface area contributed by atoms with Gasteiger partial charge in [0.15, 0.2) is 0 Å². The lowest BCUT2D eigenvalue weighted by Gasteiger charge is -2.06. The molecular formula is C14H10INO. The molecule has 0 heterocycles. The van der Waals surface area contributed by atoms with Crippen molar-refractivity contribution in [2.45, 2.75) is 6.61 Å². The number of nitriles is 1. The Labute approximate surface area is 114 Å². The predicted molar refractivity (Wildman–Crippen MR) is 74.6 cm³/mol. The van der Waals surface area contributed by atoms with Crippen molar-refractivity contribution >= 4 is 22.6 Å². The quantitative estimate of drug-likeness (QED) is 0.801. The Morgan fingerprint density at radius 3 is 2.71 bits per heavy atom. The van der Waals surface area contributed by atoms with Gasteiger partial charge in [-0.25, -0.2) is 0 Å². The summed E-state index contributed by atoms with van der Waals surface area (Å²) in [6, 6.07) is 17.4. The summed E-state index contributed by atoms with van der Waals surface area (Å²) in [5, 5.41) is 8.78. The van der Waals surface area contributed by atoms with Crippen LogP contribution < -0.4 is 4.74 Å². The van der Waals surface area contributed by atoms with Gasteiger partial charge < -0.3 is 4.74 Å². The normalized spacial score (nSPS) is 9.65. The Hall–Kier alpha value is -1.54. The average Bonchev–Trinajstić information content (AvgIpc) is 2.37. The van der Waals surface area contributed by atoms with Crippen molar-refractivity contribution in [2.75, 3.05) is 0 Å². The van der Waals surface area contributed by atoms with Crippen LogP contribution in [-0.2, 0) is 6.61 Å². The fourth-order valence-electron chi connectivity index (χ4n) is 1.45. The summed E-state index contributed by atoms with van der Waals surface area (Å²) < 4.78 is 6.82. The zero-order chi connectivity index (χ0) is 12.1. The van der Waals surface area contributed by atoms with E-state index >= 15 is 0 Å². The summed E-state index contributed by atoms with van der Waals surface area (Å²) >= 11 is 2.27. The fraction of sp³-hybridized carbons (Fsp3) is 0.0714. The van der Waals surface area contributed by atoms with Gasteiger partial charge in [-0.15, -0.1) is 0 Å². The molecule has 2 aromatic carbocycles. The van der Waals surface area contributed by atoms with Crippen LogP contribution in [0.4, 0.5) is 0 Å². The van der Waals surface area contributed by atoms with Crippen LogP contribution in [0.2, 0.25) is 0 Å². The maximum Gasteiger partial charge on any atom is 0.121 e. The van der Waals surface area contributed by atoms with E-state index in [4.69, 9.17) is 10.00 Å². The molecule has 0 amide bonds. The molecule has 0 bridgehead atoms. The fourth-order valence-corrected chi connectivity index (χ4v) is 2.06. The number of halogens is 1. The standard InChI is InChI=1S/C14H10INO/c15-13-5-1-4-12(7-13)10-17-14-6-2-3-11(8-14)9-16/h1-8H,10H2. The van der Waals surface area contributed by atoms with Gasteiger partial charge in [-0.3, -0.25) is 0 Å². The van der Waals surface area contributed by atoms with Crippen LogP contribution >= 0.6 is 22.6 Å². The first-order valence-electron chi connectivity index (χ1n) is 5.15. The summed E-state index contributed by atoms with van der Waals surface area (Å²) in [6.07, 6.45) is 0. The largest absolute Gasteiger partial charge is 0.489 e. The van der Waals surface area contributed by atoms with Crippen LogP contribution in [0, 0.1) is 14.9 Å². The summed E-state index contributed by atoms with van der Waals surface area (Å²) in [4.78, 5) is 0. The van der Waals surface area contributed by atoms with Crippen molar-refractivity contribution in [2.24, 2.45) is 0 Å². The number of nitrogens with zero attached hydrogens (tertiary/aromatic N) is 1. The first-order valence-corrected chi connectivity index (χ1v) is 6.23. The van der Waals surface area contributed by atoms with Crippen LogP contribution in [0.1, 0.15) is 11.1 Å². The second-order valence-corrected chi connectivity index (χ2v) is 4.80. The van der Waals surface area contributed by atoms with E-state index in [0.717, 1.165) is 11.3 Å². The highest BCUT2D eigenvalue weighted by atomic mass is 127. The Bertz CT molecular complexity index is 560. The molecular weight excluding hydrogens is 325 g/mol. The monoisotopic (exact) mass is 335 g/mol. The third-order valence-electron chi connectivity index (χ3n) is 2.26. The zero-order valence-electron chi connectivity index (χ0n) is 9.06. The van der Waals surface area contributed by atoms with Gasteiger partial charge in [0.05, 0.1) is 11.6 Å². The average molecular weight is 335 g/mol. The molecule has 0 atom stereocenters. The lowest BCUT2D eigenvalue weighted by atomic mass is 10.2. The predicted octanol–water partition coefficient (Wildman–Crippen LogP) is 3.74. The minimum absolute atomic E-state index is 0.520. The van der Waals surface area contributed by atoms with E-state index in [1.165, 1.54) is 3.57 Å². The number of hydrogen-bond donors (Lipinski definition) is 0. The topological polar surface area (TPSA) is 33.0 Å². The van der Waals surface area contributed by atoms with E-state index in [9.17, 15) is 0 Å². The molecule has 84 valence electrons. The Morgan fingerprint density at radius 2 is 1.94 bits per heavy atom. The highest BCUT2D eigenvalue weighted by Crippen LogP contribution is 2.15. The van der Waals surface area contributed by atoms with Gasteiger partial charge in [-0.1, -0.05) is 18.2 Å². The maximum atomic E-state index is 8.78. The molecule has 2 nitrogen and oxygen atoms in total. The van der Waals surface area contributed by atoms with E-state index in [0.29, 0.717) is 12.2 Å². The maximum absolute atomic E-state index is 8.78. The smallest absolute Gasteiger partial charge is 0.121 e. The Kier molecular flexibility index (Phi) is 3.99. The van der Waals surface area contributed by atoms with Crippen molar-refractivity contribution in [1.82, 2.24) is 0 Å². The minimum atomic E-state index is 0.520. The molecule has 0 saturated heterocycles. The summed E-state index contributed by atoms with van der Waals surface area (Å²) in [5.41, 5.74) is 1.74. The number of hydrogen-bond acceptors (Lipinski definition) is 2. The third kappa shape index (κ3) is 3.46. The lowest BCUT2D eigenvalue weighted by molar-refractivity contribution is 0.306. The van der Waals surface area contributed by atoms with E-state index < -0.39 is 0 Å². The van der Waals surface area contributed by atoms with E-state index in [-0.39, 0.29) is 0 Å². The minimum Gasteiger partial charge on any atom is -0.489 e. The molecule has 0 aliphatic rings. The van der Waals surface area contributed by atoms with Crippen molar-refractivity contribution in [3.63, 3.8) is 0 Å². The van der Waals surface area contributed by atoms with Gasteiger partial charge in [-0.05, 0) is 58.5 Å². The van der Waals surface area contributed by atoms with Gasteiger partial charge in [0.25, 0.3) is 0 Å². The van der Waals surface area contributed by atoms with Crippen molar-refractivity contribution < 1.29 is 4.74 Å². The number of benzene rings is 2. The van der Waals surface area contributed by atoms with Gasteiger partial charge in [0.2, 0.25) is 0 Å². The van der Waals surface area contributed by atoms with Crippen LogP contribution in [0.25, 0.3) is 0 Å². The Balaban J connectivity index is 2.05. The molecule has 0 aliphatic heterocycles. The molecule has 0 saturated carbocycles. The third-order valence-corrected chi connectivity index (χ3v) is 2.93. The molecule has 0 unspecified atom stereocenters. The molecule has 0 spiro atoms. The van der Waals surface area contributed by atoms with Crippen LogP contribution in [-0.4, -0.2) is 0 Å². The lowest BCUT2D eigenvalue weighted by Crippen LogP contribution is -1.95. The van der Waals surface area contributed by atoms with Gasteiger partial charge in [0.1, 0.15) is 12.4 Å². The molecule has 3 heteroatoms. The van der Waals surface area contributed by atoms with Crippen LogP contribution in [0.3, 0.4) is 0 Å². The van der Waals surface area contributed by atoms with E-state index in [1.807, 2.05) is 30.3 Å². The van der Waals surface area contributed by atoms with Crippen molar-refractivity contribution in [1.29, 1.82) is 5.26 Å². The van der Waals surface area contributed by atoms with E-state index in [2.05, 4.69) is 34.7 Å². The highest BCUT2D eigenvalue weighted by molar-refractivity contribution is 14.1. The first kappa shape index (κ1) is 11.9. The molecule has 2 rings (SSSR count).